The number of Topliss-reactive ketones (excluding diaryl/α,β-unsaturated/α-hetero) is 1. The van der Waals surface area contributed by atoms with Crippen molar-refractivity contribution in [3.05, 3.63) is 46.9 Å². The van der Waals surface area contributed by atoms with Crippen LogP contribution in [0.3, 0.4) is 0 Å². The van der Waals surface area contributed by atoms with Gasteiger partial charge in [0.1, 0.15) is 17.8 Å². The summed E-state index contributed by atoms with van der Waals surface area (Å²) < 4.78 is 5.26. The molecule has 3 rings (SSSR count). The SMILES string of the molecule is CC(C)C[C@@H](NC(=O)[C@H](NC(=O)Oc1ccccc1)C(C)C)C(=O)N[C@H](C[C@H]1CCNC1=O)C(=O)c1nccs1. The molecule has 0 bridgehead atoms. The number of amides is 4. The molecule has 12 heteroatoms. The Hall–Kier alpha value is -3.80. The van der Waals surface area contributed by atoms with Crippen LogP contribution in [0.5, 0.6) is 5.75 Å². The van der Waals surface area contributed by atoms with E-state index in [4.69, 9.17) is 4.74 Å². The van der Waals surface area contributed by atoms with E-state index in [0.29, 0.717) is 25.1 Å². The number of nitrogens with zero attached hydrogens (tertiary/aromatic N) is 1. The Balaban J connectivity index is 1.72. The van der Waals surface area contributed by atoms with Crippen LogP contribution in [0.4, 0.5) is 4.79 Å². The molecule has 1 aromatic heterocycles. The zero-order valence-corrected chi connectivity index (χ0v) is 24.0. The molecular formula is C28H37N5O6S. The lowest BCUT2D eigenvalue weighted by Gasteiger charge is -2.27. The number of hydrogen-bond donors (Lipinski definition) is 4. The Kier molecular flexibility index (Phi) is 11.2. The Morgan fingerprint density at radius 2 is 1.73 bits per heavy atom. The molecule has 1 saturated heterocycles. The normalized spacial score (nSPS) is 17.1. The van der Waals surface area contributed by atoms with Gasteiger partial charge in [0.15, 0.2) is 5.01 Å². The Labute approximate surface area is 237 Å². The Bertz CT molecular complexity index is 1170. The van der Waals surface area contributed by atoms with E-state index < -0.39 is 42.0 Å². The molecule has 1 aliphatic rings. The van der Waals surface area contributed by atoms with Crippen molar-refractivity contribution in [2.24, 2.45) is 17.8 Å². The lowest BCUT2D eigenvalue weighted by molar-refractivity contribution is -0.131. The third-order valence-corrected chi connectivity index (χ3v) is 7.26. The predicted octanol–water partition coefficient (Wildman–Crippen LogP) is 2.68. The molecule has 0 aliphatic carbocycles. The number of thiazole rings is 1. The highest BCUT2D eigenvalue weighted by molar-refractivity contribution is 7.11. The molecule has 1 fully saturated rings. The van der Waals surface area contributed by atoms with Crippen LogP contribution in [-0.2, 0) is 14.4 Å². The minimum absolute atomic E-state index is 0.0262. The van der Waals surface area contributed by atoms with Crippen LogP contribution >= 0.6 is 11.3 Å². The van der Waals surface area contributed by atoms with Crippen LogP contribution in [0.25, 0.3) is 0 Å². The minimum atomic E-state index is -0.987. The van der Waals surface area contributed by atoms with Gasteiger partial charge in [-0.1, -0.05) is 45.9 Å². The number of benzene rings is 1. The molecule has 11 nitrogen and oxygen atoms in total. The third-order valence-electron chi connectivity index (χ3n) is 6.48. The predicted molar refractivity (Wildman–Crippen MR) is 150 cm³/mol. The third kappa shape index (κ3) is 8.87. The fraction of sp³-hybridized carbons (Fsp3) is 0.500. The molecule has 4 amide bonds. The molecule has 0 radical (unpaired) electrons. The Morgan fingerprint density at radius 1 is 1.02 bits per heavy atom. The quantitative estimate of drug-likeness (QED) is 0.269. The number of carbonyl (C=O) groups is 5. The zero-order chi connectivity index (χ0) is 29.2. The van der Waals surface area contributed by atoms with Crippen LogP contribution in [-0.4, -0.2) is 59.3 Å². The van der Waals surface area contributed by atoms with E-state index >= 15 is 0 Å². The van der Waals surface area contributed by atoms with E-state index in [0.717, 1.165) is 11.3 Å². The number of para-hydroxylation sites is 1. The zero-order valence-electron chi connectivity index (χ0n) is 23.1. The van der Waals surface area contributed by atoms with Gasteiger partial charge in [0.25, 0.3) is 0 Å². The van der Waals surface area contributed by atoms with E-state index in [9.17, 15) is 24.0 Å². The molecule has 4 atom stereocenters. The summed E-state index contributed by atoms with van der Waals surface area (Å²) in [5.74, 6) is -2.04. The molecule has 1 aromatic carbocycles. The lowest BCUT2D eigenvalue weighted by Crippen LogP contribution is -2.57. The summed E-state index contributed by atoms with van der Waals surface area (Å²) in [6, 6.07) is 5.51. The average molecular weight is 572 g/mol. The van der Waals surface area contributed by atoms with Gasteiger partial charge < -0.3 is 26.0 Å². The Morgan fingerprint density at radius 3 is 2.30 bits per heavy atom. The fourth-order valence-electron chi connectivity index (χ4n) is 4.40. The number of nitrogens with one attached hydrogen (secondary N) is 4. The monoisotopic (exact) mass is 571 g/mol. The minimum Gasteiger partial charge on any atom is -0.410 e. The highest BCUT2D eigenvalue weighted by atomic mass is 32.1. The molecule has 0 saturated carbocycles. The number of ether oxygens (including phenoxy) is 1. The number of hydrogen-bond acceptors (Lipinski definition) is 8. The number of carbonyl (C=O) groups excluding carboxylic acids is 5. The van der Waals surface area contributed by atoms with Gasteiger partial charge in [-0.05, 0) is 43.2 Å². The summed E-state index contributed by atoms with van der Waals surface area (Å²) in [7, 11) is 0. The fourth-order valence-corrected chi connectivity index (χ4v) is 5.03. The van der Waals surface area contributed by atoms with Gasteiger partial charge in [0, 0.05) is 24.0 Å². The summed E-state index contributed by atoms with van der Waals surface area (Å²) in [5.41, 5.74) is 0. The first-order valence-corrected chi connectivity index (χ1v) is 14.3. The molecule has 0 unspecified atom stereocenters. The van der Waals surface area contributed by atoms with Crippen molar-refractivity contribution in [2.45, 2.75) is 65.1 Å². The van der Waals surface area contributed by atoms with E-state index in [1.54, 1.807) is 49.6 Å². The lowest BCUT2D eigenvalue weighted by atomic mass is 9.95. The maximum Gasteiger partial charge on any atom is 0.413 e. The van der Waals surface area contributed by atoms with Crippen molar-refractivity contribution in [1.82, 2.24) is 26.3 Å². The van der Waals surface area contributed by atoms with Crippen LogP contribution in [0.15, 0.2) is 41.9 Å². The van der Waals surface area contributed by atoms with E-state index in [2.05, 4.69) is 26.3 Å². The van der Waals surface area contributed by atoms with Gasteiger partial charge in [-0.2, -0.15) is 0 Å². The molecule has 2 aromatic rings. The summed E-state index contributed by atoms with van der Waals surface area (Å²) in [6.07, 6.45) is 1.68. The van der Waals surface area contributed by atoms with Crippen LogP contribution in [0.2, 0.25) is 0 Å². The number of ketones is 1. The first-order valence-electron chi connectivity index (χ1n) is 13.4. The topological polar surface area (TPSA) is 156 Å². The molecule has 4 N–H and O–H groups in total. The highest BCUT2D eigenvalue weighted by Gasteiger charge is 2.35. The summed E-state index contributed by atoms with van der Waals surface area (Å²) in [5, 5.41) is 12.8. The van der Waals surface area contributed by atoms with Gasteiger partial charge in [0.05, 0.1) is 6.04 Å². The van der Waals surface area contributed by atoms with E-state index in [-0.39, 0.29) is 35.0 Å². The molecule has 216 valence electrons. The molecular weight excluding hydrogens is 534 g/mol. The standard InChI is InChI=1S/C28H37N5O6S/c1-16(2)14-21(32-26(37)22(17(3)4)33-28(38)39-19-8-6-5-7-9-19)25(36)31-20(15-18-10-11-29-24(18)35)23(34)27-30-12-13-40-27/h5-9,12-13,16-18,20-22H,10-11,14-15H2,1-4H3,(H,29,35)(H,31,36)(H,32,37)(H,33,38)/t18-,20-,21-,22-/m1/s1. The van der Waals surface area contributed by atoms with Gasteiger partial charge in [-0.3, -0.25) is 19.2 Å². The van der Waals surface area contributed by atoms with Gasteiger partial charge in [-0.15, -0.1) is 11.3 Å². The number of rotatable bonds is 13. The molecule has 40 heavy (non-hydrogen) atoms. The van der Waals surface area contributed by atoms with Crippen molar-refractivity contribution < 1.29 is 28.7 Å². The van der Waals surface area contributed by atoms with Gasteiger partial charge in [0.2, 0.25) is 23.5 Å². The largest absolute Gasteiger partial charge is 0.413 e. The first kappa shape index (κ1) is 30.7. The highest BCUT2D eigenvalue weighted by Crippen LogP contribution is 2.20. The van der Waals surface area contributed by atoms with Crippen molar-refractivity contribution in [1.29, 1.82) is 0 Å². The molecule has 2 heterocycles. The van der Waals surface area contributed by atoms with Crippen LogP contribution in [0, 0.1) is 17.8 Å². The summed E-state index contributed by atoms with van der Waals surface area (Å²) >= 11 is 1.15. The van der Waals surface area contributed by atoms with Crippen molar-refractivity contribution in [2.75, 3.05) is 6.54 Å². The first-order chi connectivity index (χ1) is 19.0. The maximum atomic E-state index is 13.5. The van der Waals surface area contributed by atoms with Crippen LogP contribution in [0.1, 0.15) is 56.8 Å². The molecule has 1 aliphatic heterocycles. The smallest absolute Gasteiger partial charge is 0.410 e. The van der Waals surface area contributed by atoms with E-state index in [1.165, 1.54) is 6.20 Å². The number of aromatic nitrogens is 1. The molecule has 0 spiro atoms. The van der Waals surface area contributed by atoms with Crippen molar-refractivity contribution in [3.8, 4) is 5.75 Å². The van der Waals surface area contributed by atoms with Gasteiger partial charge >= 0.3 is 6.09 Å². The second kappa shape index (κ2) is 14.5. The van der Waals surface area contributed by atoms with E-state index in [1.807, 2.05) is 13.8 Å². The van der Waals surface area contributed by atoms with Crippen molar-refractivity contribution >= 4 is 40.9 Å². The second-order valence-corrected chi connectivity index (χ2v) is 11.4. The van der Waals surface area contributed by atoms with Crippen molar-refractivity contribution in [3.63, 3.8) is 0 Å². The van der Waals surface area contributed by atoms with Gasteiger partial charge in [-0.25, -0.2) is 9.78 Å². The maximum absolute atomic E-state index is 13.5. The second-order valence-electron chi connectivity index (χ2n) is 10.5. The summed E-state index contributed by atoms with van der Waals surface area (Å²) in [6.45, 7) is 7.85. The summed E-state index contributed by atoms with van der Waals surface area (Å²) in [4.78, 5) is 68.8. The van der Waals surface area contributed by atoms with Crippen LogP contribution < -0.4 is 26.0 Å². The average Bonchev–Trinajstić information content (AvgIpc) is 3.58.